The summed E-state index contributed by atoms with van der Waals surface area (Å²) in [6.07, 6.45) is 9.76. The molecule has 2 rings (SSSR count). The van der Waals surface area contributed by atoms with Crippen LogP contribution >= 0.6 is 15.9 Å². The number of nitrogens with zero attached hydrogens (tertiary/aromatic N) is 1. The second-order valence-electron chi connectivity index (χ2n) is 4.73. The van der Waals surface area contributed by atoms with Gasteiger partial charge in [-0.15, -0.1) is 0 Å². The first-order valence-corrected chi connectivity index (χ1v) is 7.04. The molecule has 1 N–H and O–H groups in total. The van der Waals surface area contributed by atoms with Gasteiger partial charge in [-0.05, 0) is 31.6 Å². The molecule has 0 aromatic heterocycles. The Hall–Kier alpha value is -0.220. The molecule has 3 nitrogen and oxygen atoms in total. The van der Waals surface area contributed by atoms with Crippen molar-refractivity contribution in [2.75, 3.05) is 20.2 Å². The van der Waals surface area contributed by atoms with E-state index in [1.54, 1.807) is 0 Å². The maximum atomic E-state index is 5.40. The predicted molar refractivity (Wildman–Crippen MR) is 69.3 cm³/mol. The van der Waals surface area contributed by atoms with Crippen LogP contribution in [0.25, 0.3) is 0 Å². The van der Waals surface area contributed by atoms with Crippen LogP contribution in [-0.2, 0) is 4.74 Å². The minimum absolute atomic E-state index is 0.442. The molecular formula is C12H21BrN2O. The third-order valence-electron chi connectivity index (χ3n) is 3.63. The lowest BCUT2D eigenvalue weighted by Gasteiger charge is -2.35. The highest BCUT2D eigenvalue weighted by atomic mass is 79.9. The van der Waals surface area contributed by atoms with Crippen LogP contribution < -0.4 is 5.32 Å². The molecule has 1 saturated carbocycles. The van der Waals surface area contributed by atoms with Gasteiger partial charge in [0.05, 0.1) is 6.10 Å². The molecule has 0 bridgehead atoms. The van der Waals surface area contributed by atoms with Gasteiger partial charge in [-0.1, -0.05) is 15.9 Å². The van der Waals surface area contributed by atoms with Gasteiger partial charge in [0.15, 0.2) is 0 Å². The highest BCUT2D eigenvalue weighted by Crippen LogP contribution is 2.27. The van der Waals surface area contributed by atoms with Crippen molar-refractivity contribution in [1.29, 1.82) is 0 Å². The number of alkyl halides is 1. The lowest BCUT2D eigenvalue weighted by atomic mass is 9.87. The normalized spacial score (nSPS) is 34.9. The number of hydrogen-bond donors (Lipinski definition) is 1. The highest BCUT2D eigenvalue weighted by molar-refractivity contribution is 9.09. The van der Waals surface area contributed by atoms with E-state index >= 15 is 0 Å². The lowest BCUT2D eigenvalue weighted by molar-refractivity contribution is 0.0519. The van der Waals surface area contributed by atoms with E-state index in [1.807, 2.05) is 13.3 Å². The Labute approximate surface area is 106 Å². The Morgan fingerprint density at radius 3 is 2.75 bits per heavy atom. The topological polar surface area (TPSA) is 24.5 Å². The summed E-state index contributed by atoms with van der Waals surface area (Å²) in [6.45, 7) is 2.16. The second-order valence-corrected chi connectivity index (χ2v) is 5.79. The summed E-state index contributed by atoms with van der Waals surface area (Å²) in [6, 6.07) is 0. The molecule has 1 fully saturated rings. The number of methoxy groups -OCH3 is 1. The zero-order chi connectivity index (χ0) is 11.4. The van der Waals surface area contributed by atoms with Crippen molar-refractivity contribution in [2.24, 2.45) is 5.92 Å². The molecule has 0 spiro atoms. The Morgan fingerprint density at radius 1 is 1.38 bits per heavy atom. The molecule has 1 atom stereocenters. The smallest absolute Gasteiger partial charge is 0.101 e. The minimum Gasteiger partial charge on any atom is -0.387 e. The van der Waals surface area contributed by atoms with Crippen LogP contribution in [0.3, 0.4) is 0 Å². The fraction of sp³-hybridized carbons (Fsp3) is 0.833. The van der Waals surface area contributed by atoms with Gasteiger partial charge < -0.3 is 15.0 Å². The van der Waals surface area contributed by atoms with E-state index in [2.05, 4.69) is 32.3 Å². The largest absolute Gasteiger partial charge is 0.387 e. The molecular weight excluding hydrogens is 268 g/mol. The monoisotopic (exact) mass is 288 g/mol. The van der Waals surface area contributed by atoms with Gasteiger partial charge in [0.25, 0.3) is 0 Å². The number of halogens is 1. The Bertz CT molecular complexity index is 239. The Morgan fingerprint density at radius 2 is 2.12 bits per heavy atom. The summed E-state index contributed by atoms with van der Waals surface area (Å²) in [4.78, 5) is 2.84. The van der Waals surface area contributed by atoms with Crippen molar-refractivity contribution in [2.45, 2.75) is 36.7 Å². The van der Waals surface area contributed by atoms with Crippen molar-refractivity contribution in [3.63, 3.8) is 0 Å². The maximum absolute atomic E-state index is 5.40. The fourth-order valence-electron chi connectivity index (χ4n) is 2.55. The molecule has 2 aliphatic rings. The predicted octanol–water partition coefficient (Wildman–Crippen LogP) is 2.29. The van der Waals surface area contributed by atoms with Crippen LogP contribution in [0, 0.1) is 5.92 Å². The maximum Gasteiger partial charge on any atom is 0.101 e. The first-order valence-electron chi connectivity index (χ1n) is 6.12. The summed E-state index contributed by atoms with van der Waals surface area (Å²) < 4.78 is 5.40. The van der Waals surface area contributed by atoms with E-state index in [-0.39, 0.29) is 0 Å². The van der Waals surface area contributed by atoms with Crippen LogP contribution in [-0.4, -0.2) is 36.2 Å². The van der Waals surface area contributed by atoms with Gasteiger partial charge in [-0.25, -0.2) is 0 Å². The Kier molecular flexibility index (Phi) is 4.53. The summed E-state index contributed by atoms with van der Waals surface area (Å²) in [5, 5.41) is 3.23. The first-order chi connectivity index (χ1) is 7.79. The molecule has 16 heavy (non-hydrogen) atoms. The second kappa shape index (κ2) is 5.92. The third kappa shape index (κ3) is 3.14. The molecule has 1 heterocycles. The fourth-order valence-corrected chi connectivity index (χ4v) is 3.04. The molecule has 0 amide bonds. The summed E-state index contributed by atoms with van der Waals surface area (Å²) in [5.74, 6) is 0.828. The van der Waals surface area contributed by atoms with Crippen molar-refractivity contribution in [3.05, 3.63) is 12.4 Å². The van der Waals surface area contributed by atoms with Crippen molar-refractivity contribution >= 4 is 15.9 Å². The Balaban J connectivity index is 1.77. The average Bonchev–Trinajstić information content (AvgIpc) is 2.33. The van der Waals surface area contributed by atoms with Crippen molar-refractivity contribution < 1.29 is 4.74 Å². The first kappa shape index (κ1) is 12.2. The number of nitrogens with one attached hydrogen (secondary N) is 1. The zero-order valence-corrected chi connectivity index (χ0v) is 11.4. The standard InChI is InChI=1S/C12H21BrN2O/c1-16-11-4-2-10(3-5-11)9-15-7-6-14-8-12(15)13/h6-7,10-12,14H,2-5,8-9H2,1H3. The summed E-state index contributed by atoms with van der Waals surface area (Å²) in [7, 11) is 1.83. The van der Waals surface area contributed by atoms with E-state index in [1.165, 1.54) is 32.2 Å². The number of hydrogen-bond acceptors (Lipinski definition) is 3. The molecule has 0 radical (unpaired) electrons. The van der Waals surface area contributed by atoms with E-state index < -0.39 is 0 Å². The van der Waals surface area contributed by atoms with Gasteiger partial charge in [0, 0.05) is 32.6 Å². The van der Waals surface area contributed by atoms with E-state index in [4.69, 9.17) is 4.74 Å². The van der Waals surface area contributed by atoms with Gasteiger partial charge in [0.1, 0.15) is 4.95 Å². The average molecular weight is 289 g/mol. The van der Waals surface area contributed by atoms with Crippen LogP contribution in [0.15, 0.2) is 12.4 Å². The molecule has 0 saturated heterocycles. The molecule has 4 heteroatoms. The van der Waals surface area contributed by atoms with Gasteiger partial charge >= 0.3 is 0 Å². The number of ether oxygens (including phenoxy) is 1. The van der Waals surface area contributed by atoms with Crippen LogP contribution in [0.4, 0.5) is 0 Å². The molecule has 92 valence electrons. The highest BCUT2D eigenvalue weighted by Gasteiger charge is 2.24. The summed E-state index contributed by atoms with van der Waals surface area (Å²) in [5.41, 5.74) is 0. The zero-order valence-electron chi connectivity index (χ0n) is 9.86. The van der Waals surface area contributed by atoms with Gasteiger partial charge in [0.2, 0.25) is 0 Å². The van der Waals surface area contributed by atoms with E-state index in [9.17, 15) is 0 Å². The molecule has 1 aliphatic carbocycles. The minimum atomic E-state index is 0.442. The van der Waals surface area contributed by atoms with Crippen molar-refractivity contribution in [3.8, 4) is 0 Å². The summed E-state index contributed by atoms with van der Waals surface area (Å²) >= 11 is 3.69. The third-order valence-corrected chi connectivity index (χ3v) is 4.48. The number of rotatable bonds is 3. The van der Waals surface area contributed by atoms with E-state index in [0.717, 1.165) is 12.5 Å². The van der Waals surface area contributed by atoms with Crippen molar-refractivity contribution in [1.82, 2.24) is 10.2 Å². The molecule has 0 aromatic rings. The molecule has 1 unspecified atom stereocenters. The SMILES string of the molecule is COC1CCC(CN2C=CNCC2Br)CC1. The van der Waals surface area contributed by atoms with Crippen LogP contribution in [0.5, 0.6) is 0 Å². The van der Waals surface area contributed by atoms with Gasteiger partial charge in [-0.2, -0.15) is 0 Å². The van der Waals surface area contributed by atoms with Gasteiger partial charge in [-0.3, -0.25) is 0 Å². The lowest BCUT2D eigenvalue weighted by Crippen LogP contribution is -2.41. The molecule has 0 aromatic carbocycles. The van der Waals surface area contributed by atoms with E-state index in [0.29, 0.717) is 11.1 Å². The van der Waals surface area contributed by atoms with Crippen LogP contribution in [0.2, 0.25) is 0 Å². The quantitative estimate of drug-likeness (QED) is 0.637. The van der Waals surface area contributed by atoms with Crippen LogP contribution in [0.1, 0.15) is 25.7 Å². The molecule has 1 aliphatic heterocycles.